The summed E-state index contributed by atoms with van der Waals surface area (Å²) in [6, 6.07) is 10.3. The van der Waals surface area contributed by atoms with Crippen molar-refractivity contribution in [1.82, 2.24) is 8.61 Å². The zero-order chi connectivity index (χ0) is 25.1. The third-order valence-electron chi connectivity index (χ3n) is 5.67. The third kappa shape index (κ3) is 5.26. The first kappa shape index (κ1) is 26.1. The van der Waals surface area contributed by atoms with Crippen molar-refractivity contribution in [2.24, 2.45) is 0 Å². The number of β-amino-alcohol motifs (C(OH)–C–C–N with tert-alkyl or cyclic N) is 1. The van der Waals surface area contributed by atoms with Gasteiger partial charge in [-0.1, -0.05) is 13.8 Å². The number of nitrogens with one attached hydrogen (secondary N) is 1. The molecule has 1 saturated heterocycles. The number of aliphatic hydroxyl groups excluding tert-OH is 1. The molecule has 0 saturated carbocycles. The van der Waals surface area contributed by atoms with E-state index in [9.17, 15) is 26.7 Å². The Labute approximate surface area is 200 Å². The number of amides is 1. The Morgan fingerprint density at radius 2 is 1.59 bits per heavy atom. The molecule has 2 N–H and O–H groups in total. The molecule has 1 aliphatic rings. The number of rotatable bonds is 9. The summed E-state index contributed by atoms with van der Waals surface area (Å²) >= 11 is 0. The van der Waals surface area contributed by atoms with Crippen LogP contribution in [0.15, 0.2) is 58.3 Å². The van der Waals surface area contributed by atoms with Gasteiger partial charge in [0.05, 0.1) is 23.0 Å². The Kier molecular flexibility index (Phi) is 7.98. The molecule has 0 aliphatic carbocycles. The molecular formula is C22H29N3O7S2. The van der Waals surface area contributed by atoms with Crippen molar-refractivity contribution in [1.29, 1.82) is 0 Å². The number of carbonyl (C=O) groups is 1. The first-order valence-electron chi connectivity index (χ1n) is 10.8. The summed E-state index contributed by atoms with van der Waals surface area (Å²) in [6.07, 6.45) is -1.05. The maximum Gasteiger partial charge on any atom is 0.243 e. The molecule has 34 heavy (non-hydrogen) atoms. The molecule has 10 nitrogen and oxygen atoms in total. The molecule has 0 spiro atoms. The van der Waals surface area contributed by atoms with E-state index in [1.165, 1.54) is 59.9 Å². The zero-order valence-corrected chi connectivity index (χ0v) is 20.8. The van der Waals surface area contributed by atoms with Gasteiger partial charge in [0, 0.05) is 31.7 Å². The highest BCUT2D eigenvalue weighted by Gasteiger charge is 2.43. The van der Waals surface area contributed by atoms with Crippen LogP contribution >= 0.6 is 0 Å². The fraction of sp³-hybridized carbons (Fsp3) is 0.409. The van der Waals surface area contributed by atoms with Crippen molar-refractivity contribution in [2.75, 3.05) is 32.1 Å². The van der Waals surface area contributed by atoms with Crippen LogP contribution in [0.1, 0.15) is 20.3 Å². The topological polar surface area (TPSA) is 133 Å². The van der Waals surface area contributed by atoms with E-state index < -0.39 is 38.1 Å². The minimum absolute atomic E-state index is 0.0221. The summed E-state index contributed by atoms with van der Waals surface area (Å²) in [6.45, 7) is 3.95. The van der Waals surface area contributed by atoms with Gasteiger partial charge in [-0.3, -0.25) is 4.79 Å². The van der Waals surface area contributed by atoms with E-state index in [2.05, 4.69) is 5.32 Å². The number of sulfonamides is 2. The fourth-order valence-corrected chi connectivity index (χ4v) is 6.91. The Bertz CT molecular complexity index is 1210. The van der Waals surface area contributed by atoms with E-state index in [4.69, 9.17) is 4.74 Å². The van der Waals surface area contributed by atoms with Gasteiger partial charge >= 0.3 is 0 Å². The van der Waals surface area contributed by atoms with Crippen molar-refractivity contribution in [2.45, 2.75) is 42.2 Å². The zero-order valence-electron chi connectivity index (χ0n) is 19.2. The van der Waals surface area contributed by atoms with Gasteiger partial charge in [-0.15, -0.1) is 0 Å². The number of benzene rings is 2. The van der Waals surface area contributed by atoms with Gasteiger partial charge in [0.25, 0.3) is 0 Å². The lowest BCUT2D eigenvalue weighted by molar-refractivity contribution is -0.119. The SMILES string of the molecule is CCN(CC)S(=O)(=O)c1ccc(NC(=O)[C@@H]2C[C@@H](O)CN2S(=O)(=O)c2ccc(OC)cc2)cc1. The first-order valence-corrected chi connectivity index (χ1v) is 13.7. The van der Waals surface area contributed by atoms with E-state index in [1.807, 2.05) is 0 Å². The molecule has 0 bridgehead atoms. The van der Waals surface area contributed by atoms with Gasteiger partial charge in [-0.05, 0) is 48.5 Å². The minimum Gasteiger partial charge on any atom is -0.497 e. The smallest absolute Gasteiger partial charge is 0.243 e. The standard InChI is InChI=1S/C22H29N3O7S2/c1-4-24(5-2)33(28,29)19-10-6-16(7-11-19)23-22(27)21-14-17(26)15-25(21)34(30,31)20-12-8-18(32-3)9-13-20/h6-13,17,21,26H,4-5,14-15H2,1-3H3,(H,23,27)/t17-,21+/m1/s1. The number of anilines is 1. The first-order chi connectivity index (χ1) is 16.0. The summed E-state index contributed by atoms with van der Waals surface area (Å²) in [5.74, 6) is -0.130. The molecule has 0 aromatic heterocycles. The van der Waals surface area contributed by atoms with Crippen LogP contribution < -0.4 is 10.1 Å². The normalized spacial score (nSPS) is 19.3. The number of aliphatic hydroxyl groups is 1. The molecule has 1 aliphatic heterocycles. The van der Waals surface area contributed by atoms with Gasteiger partial charge in [-0.2, -0.15) is 8.61 Å². The van der Waals surface area contributed by atoms with Crippen LogP contribution in [0.4, 0.5) is 5.69 Å². The quantitative estimate of drug-likeness (QED) is 0.521. The molecule has 0 radical (unpaired) electrons. The second kappa shape index (κ2) is 10.4. The largest absolute Gasteiger partial charge is 0.497 e. The molecular weight excluding hydrogens is 482 g/mol. The summed E-state index contributed by atoms with van der Waals surface area (Å²) in [4.78, 5) is 13.0. The molecule has 2 atom stereocenters. The Hall–Kier alpha value is -2.51. The lowest BCUT2D eigenvalue weighted by atomic mass is 10.2. The highest BCUT2D eigenvalue weighted by Crippen LogP contribution is 2.28. The second-order valence-electron chi connectivity index (χ2n) is 7.76. The number of ether oxygens (including phenoxy) is 1. The number of nitrogens with zero attached hydrogens (tertiary/aromatic N) is 2. The lowest BCUT2D eigenvalue weighted by Gasteiger charge is -2.23. The van der Waals surface area contributed by atoms with Crippen LogP contribution in [0, 0.1) is 0 Å². The van der Waals surface area contributed by atoms with Gasteiger partial charge in [0.1, 0.15) is 11.8 Å². The Morgan fingerprint density at radius 1 is 1.03 bits per heavy atom. The summed E-state index contributed by atoms with van der Waals surface area (Å²) in [5.41, 5.74) is 0.312. The summed E-state index contributed by atoms with van der Waals surface area (Å²) in [7, 11) is -6.23. The molecule has 2 aromatic carbocycles. The number of hydrogen-bond acceptors (Lipinski definition) is 7. The maximum atomic E-state index is 13.1. The van der Waals surface area contributed by atoms with Crippen molar-refractivity contribution >= 4 is 31.6 Å². The highest BCUT2D eigenvalue weighted by atomic mass is 32.2. The minimum atomic E-state index is -4.05. The van der Waals surface area contributed by atoms with Crippen LogP contribution in [0.3, 0.4) is 0 Å². The van der Waals surface area contributed by atoms with E-state index in [-0.39, 0.29) is 22.8 Å². The van der Waals surface area contributed by atoms with Gasteiger partial charge < -0.3 is 15.2 Å². The second-order valence-corrected chi connectivity index (χ2v) is 11.6. The van der Waals surface area contributed by atoms with Crippen molar-refractivity contribution in [3.63, 3.8) is 0 Å². The molecule has 2 aromatic rings. The molecule has 0 unspecified atom stereocenters. The van der Waals surface area contributed by atoms with Crippen LogP contribution in [0.5, 0.6) is 5.75 Å². The molecule has 1 amide bonds. The molecule has 3 rings (SSSR count). The third-order valence-corrected chi connectivity index (χ3v) is 9.62. The van der Waals surface area contributed by atoms with E-state index in [0.29, 0.717) is 24.5 Å². The van der Waals surface area contributed by atoms with Crippen LogP contribution in [-0.2, 0) is 24.8 Å². The molecule has 12 heteroatoms. The maximum absolute atomic E-state index is 13.1. The fourth-order valence-electron chi connectivity index (χ4n) is 3.82. The number of methoxy groups -OCH3 is 1. The summed E-state index contributed by atoms with van der Waals surface area (Å²) in [5, 5.41) is 12.8. The lowest BCUT2D eigenvalue weighted by Crippen LogP contribution is -2.43. The molecule has 1 heterocycles. The van der Waals surface area contributed by atoms with Crippen molar-refractivity contribution in [3.05, 3.63) is 48.5 Å². The van der Waals surface area contributed by atoms with Crippen molar-refractivity contribution < 1.29 is 31.5 Å². The number of carbonyl (C=O) groups excluding carboxylic acids is 1. The van der Waals surface area contributed by atoms with E-state index in [1.54, 1.807) is 13.8 Å². The summed E-state index contributed by atoms with van der Waals surface area (Å²) < 4.78 is 58.9. The average molecular weight is 512 g/mol. The average Bonchev–Trinajstić information content (AvgIpc) is 3.23. The van der Waals surface area contributed by atoms with Crippen LogP contribution in [0.25, 0.3) is 0 Å². The predicted molar refractivity (Wildman–Crippen MR) is 126 cm³/mol. The van der Waals surface area contributed by atoms with Crippen LogP contribution in [0.2, 0.25) is 0 Å². The van der Waals surface area contributed by atoms with Gasteiger partial charge in [0.15, 0.2) is 0 Å². The Balaban J connectivity index is 1.79. The molecule has 186 valence electrons. The van der Waals surface area contributed by atoms with Gasteiger partial charge in [0.2, 0.25) is 26.0 Å². The van der Waals surface area contributed by atoms with Gasteiger partial charge in [-0.25, -0.2) is 16.8 Å². The monoisotopic (exact) mass is 511 g/mol. The predicted octanol–water partition coefficient (Wildman–Crippen LogP) is 1.49. The number of hydrogen-bond donors (Lipinski definition) is 2. The van der Waals surface area contributed by atoms with E-state index >= 15 is 0 Å². The van der Waals surface area contributed by atoms with Crippen molar-refractivity contribution in [3.8, 4) is 5.75 Å². The van der Waals surface area contributed by atoms with E-state index in [0.717, 1.165) is 4.31 Å². The molecule has 1 fully saturated rings. The Morgan fingerprint density at radius 3 is 2.12 bits per heavy atom. The van der Waals surface area contributed by atoms with Crippen LogP contribution in [-0.4, -0.2) is 75.3 Å². The highest BCUT2D eigenvalue weighted by molar-refractivity contribution is 7.89.